The summed E-state index contributed by atoms with van der Waals surface area (Å²) in [7, 11) is 0. The Hall–Kier alpha value is -1.94. The smallest absolute Gasteiger partial charge is 0.328 e. The van der Waals surface area contributed by atoms with Crippen molar-refractivity contribution in [3.05, 3.63) is 47.5 Å². The van der Waals surface area contributed by atoms with Crippen LogP contribution in [0.2, 0.25) is 0 Å². The SMILES string of the molecule is CC(C)(C)OC(=O)CN=CCC(C)(C)C1=CCNC(Cc2ccccc2)C1. The highest BCUT2D eigenvalue weighted by molar-refractivity contribution is 5.74. The number of rotatable bonds is 7. The van der Waals surface area contributed by atoms with Crippen molar-refractivity contribution in [2.45, 2.75) is 65.5 Å². The second-order valence-corrected chi connectivity index (χ2v) is 8.93. The Kier molecular flexibility index (Phi) is 7.37. The van der Waals surface area contributed by atoms with Crippen LogP contribution < -0.4 is 5.32 Å². The van der Waals surface area contributed by atoms with Crippen LogP contribution in [0.4, 0.5) is 0 Å². The largest absolute Gasteiger partial charge is 0.459 e. The lowest BCUT2D eigenvalue weighted by Crippen LogP contribution is -2.37. The predicted molar refractivity (Wildman–Crippen MR) is 112 cm³/mol. The quantitative estimate of drug-likeness (QED) is 0.441. The number of carbonyl (C=O) groups excluding carboxylic acids is 1. The first-order valence-corrected chi connectivity index (χ1v) is 9.83. The molecule has 0 spiro atoms. The third-order valence-electron chi connectivity index (χ3n) is 4.79. The van der Waals surface area contributed by atoms with Crippen LogP contribution in [0.3, 0.4) is 0 Å². The number of hydrogen-bond acceptors (Lipinski definition) is 4. The molecule has 1 atom stereocenters. The van der Waals surface area contributed by atoms with Gasteiger partial charge >= 0.3 is 5.97 Å². The van der Waals surface area contributed by atoms with E-state index in [-0.39, 0.29) is 17.9 Å². The van der Waals surface area contributed by atoms with Gasteiger partial charge in [0, 0.05) is 18.8 Å². The summed E-state index contributed by atoms with van der Waals surface area (Å²) in [4.78, 5) is 16.0. The molecule has 2 rings (SSSR count). The van der Waals surface area contributed by atoms with Crippen molar-refractivity contribution >= 4 is 12.2 Å². The van der Waals surface area contributed by atoms with E-state index in [9.17, 15) is 4.79 Å². The summed E-state index contributed by atoms with van der Waals surface area (Å²) in [5.41, 5.74) is 2.41. The van der Waals surface area contributed by atoms with Crippen molar-refractivity contribution in [3.8, 4) is 0 Å². The van der Waals surface area contributed by atoms with Gasteiger partial charge in [-0.2, -0.15) is 0 Å². The van der Waals surface area contributed by atoms with Gasteiger partial charge in [-0.3, -0.25) is 9.79 Å². The van der Waals surface area contributed by atoms with Crippen molar-refractivity contribution in [2.75, 3.05) is 13.1 Å². The molecule has 0 fully saturated rings. The summed E-state index contributed by atoms with van der Waals surface area (Å²) >= 11 is 0. The molecule has 0 aliphatic carbocycles. The molecule has 4 nitrogen and oxygen atoms in total. The number of benzene rings is 1. The number of nitrogens with one attached hydrogen (secondary N) is 1. The fraction of sp³-hybridized carbons (Fsp3) is 0.565. The first kappa shape index (κ1) is 21.4. The van der Waals surface area contributed by atoms with Crippen molar-refractivity contribution in [1.29, 1.82) is 0 Å². The lowest BCUT2D eigenvalue weighted by molar-refractivity contribution is -0.152. The third kappa shape index (κ3) is 7.67. The minimum absolute atomic E-state index is 0.0362. The van der Waals surface area contributed by atoms with Crippen molar-refractivity contribution < 1.29 is 9.53 Å². The van der Waals surface area contributed by atoms with Crippen LogP contribution in [0.25, 0.3) is 0 Å². The van der Waals surface area contributed by atoms with E-state index in [1.807, 2.05) is 27.0 Å². The van der Waals surface area contributed by atoms with Gasteiger partial charge in [0.15, 0.2) is 0 Å². The summed E-state index contributed by atoms with van der Waals surface area (Å²) in [6, 6.07) is 11.1. The summed E-state index contributed by atoms with van der Waals surface area (Å²) in [6.07, 6.45) is 7.09. The number of hydrogen-bond donors (Lipinski definition) is 1. The molecule has 1 aliphatic rings. The number of ether oxygens (including phenoxy) is 1. The Morgan fingerprint density at radius 2 is 1.93 bits per heavy atom. The van der Waals surface area contributed by atoms with E-state index >= 15 is 0 Å². The molecule has 1 unspecified atom stereocenters. The zero-order valence-corrected chi connectivity index (χ0v) is 17.4. The molecular formula is C23H34N2O2. The number of nitrogens with zero attached hydrogens (tertiary/aromatic N) is 1. The van der Waals surface area contributed by atoms with Gasteiger partial charge in [-0.25, -0.2) is 0 Å². The van der Waals surface area contributed by atoms with Crippen LogP contribution in [-0.4, -0.2) is 36.9 Å². The summed E-state index contributed by atoms with van der Waals surface area (Å²) in [6.45, 7) is 11.1. The Morgan fingerprint density at radius 3 is 2.59 bits per heavy atom. The van der Waals surface area contributed by atoms with Crippen LogP contribution in [0.15, 0.2) is 47.0 Å². The van der Waals surface area contributed by atoms with E-state index in [1.54, 1.807) is 0 Å². The highest BCUT2D eigenvalue weighted by Crippen LogP contribution is 2.34. The average molecular weight is 371 g/mol. The van der Waals surface area contributed by atoms with Gasteiger partial charge in [0.05, 0.1) is 0 Å². The molecule has 1 N–H and O–H groups in total. The third-order valence-corrected chi connectivity index (χ3v) is 4.79. The van der Waals surface area contributed by atoms with Crippen LogP contribution >= 0.6 is 0 Å². The second-order valence-electron chi connectivity index (χ2n) is 8.93. The predicted octanol–water partition coefficient (Wildman–Crippen LogP) is 4.35. The molecule has 0 bridgehead atoms. The molecule has 1 heterocycles. The first-order valence-electron chi connectivity index (χ1n) is 9.83. The highest BCUT2D eigenvalue weighted by Gasteiger charge is 2.27. The van der Waals surface area contributed by atoms with Gasteiger partial charge < -0.3 is 10.1 Å². The molecule has 27 heavy (non-hydrogen) atoms. The zero-order valence-electron chi connectivity index (χ0n) is 17.4. The molecule has 0 amide bonds. The molecule has 1 aliphatic heterocycles. The van der Waals surface area contributed by atoms with E-state index in [0.717, 1.165) is 25.8 Å². The summed E-state index contributed by atoms with van der Waals surface area (Å²) < 4.78 is 5.28. The van der Waals surface area contributed by atoms with Crippen LogP contribution in [0.1, 0.15) is 53.0 Å². The standard InChI is InChI=1S/C23H34N2O2/c1-22(2,3)27-21(26)17-24-14-12-23(4,5)19-11-13-25-20(16-19)15-18-9-7-6-8-10-18/h6-11,14,20,25H,12-13,15-17H2,1-5H3. The van der Waals surface area contributed by atoms with Gasteiger partial charge in [-0.15, -0.1) is 0 Å². The lowest BCUT2D eigenvalue weighted by atomic mass is 9.76. The maximum Gasteiger partial charge on any atom is 0.328 e. The van der Waals surface area contributed by atoms with E-state index < -0.39 is 5.60 Å². The number of esters is 1. The van der Waals surface area contributed by atoms with E-state index in [1.165, 1.54) is 11.1 Å². The maximum atomic E-state index is 11.7. The maximum absolute atomic E-state index is 11.7. The molecule has 0 aromatic heterocycles. The van der Waals surface area contributed by atoms with Crippen molar-refractivity contribution in [1.82, 2.24) is 5.32 Å². The number of carbonyl (C=O) groups is 1. The van der Waals surface area contributed by atoms with Gasteiger partial charge in [0.1, 0.15) is 12.1 Å². The fourth-order valence-corrected chi connectivity index (χ4v) is 3.30. The molecule has 4 heteroatoms. The Bertz CT molecular complexity index is 669. The van der Waals surface area contributed by atoms with Crippen LogP contribution in [0.5, 0.6) is 0 Å². The topological polar surface area (TPSA) is 50.7 Å². The van der Waals surface area contributed by atoms with E-state index in [4.69, 9.17) is 4.74 Å². The molecule has 0 radical (unpaired) electrons. The lowest BCUT2D eigenvalue weighted by Gasteiger charge is -2.33. The average Bonchev–Trinajstić information content (AvgIpc) is 2.58. The minimum Gasteiger partial charge on any atom is -0.459 e. The normalized spacial score (nSPS) is 18.4. The van der Waals surface area contributed by atoms with Crippen molar-refractivity contribution in [2.24, 2.45) is 10.4 Å². The first-order chi connectivity index (χ1) is 12.7. The Balaban J connectivity index is 1.85. The summed E-state index contributed by atoms with van der Waals surface area (Å²) in [5.74, 6) is -0.277. The van der Waals surface area contributed by atoms with E-state index in [0.29, 0.717) is 6.04 Å². The molecular weight excluding hydrogens is 336 g/mol. The van der Waals surface area contributed by atoms with Crippen LogP contribution in [0, 0.1) is 5.41 Å². The van der Waals surface area contributed by atoms with Gasteiger partial charge in [-0.1, -0.05) is 55.8 Å². The monoisotopic (exact) mass is 370 g/mol. The van der Waals surface area contributed by atoms with Crippen LogP contribution in [-0.2, 0) is 16.0 Å². The molecule has 148 valence electrons. The van der Waals surface area contributed by atoms with Crippen molar-refractivity contribution in [3.63, 3.8) is 0 Å². The Labute approximate surface area is 164 Å². The van der Waals surface area contributed by atoms with Gasteiger partial charge in [-0.05, 0) is 51.0 Å². The molecule has 1 aromatic carbocycles. The van der Waals surface area contributed by atoms with E-state index in [2.05, 4.69) is 60.6 Å². The van der Waals surface area contributed by atoms with Gasteiger partial charge in [0.25, 0.3) is 0 Å². The number of aliphatic imine (C=N–C) groups is 1. The Morgan fingerprint density at radius 1 is 1.22 bits per heavy atom. The second kappa shape index (κ2) is 9.32. The molecule has 0 saturated carbocycles. The highest BCUT2D eigenvalue weighted by atomic mass is 16.6. The minimum atomic E-state index is -0.459. The van der Waals surface area contributed by atoms with Gasteiger partial charge in [0.2, 0.25) is 0 Å². The molecule has 0 saturated heterocycles. The summed E-state index contributed by atoms with van der Waals surface area (Å²) in [5, 5.41) is 3.60. The molecule has 1 aromatic rings. The zero-order chi connectivity index (χ0) is 19.9. The fourth-order valence-electron chi connectivity index (χ4n) is 3.30.